The molecule has 1 amide bonds. The highest BCUT2D eigenvalue weighted by atomic mass is 16.5. The molecule has 0 radical (unpaired) electrons. The minimum atomic E-state index is -0.734. The Morgan fingerprint density at radius 3 is 2.43 bits per heavy atom. The van der Waals surface area contributed by atoms with Crippen LogP contribution in [0, 0.1) is 13.8 Å². The number of rotatable bonds is 5. The minimum Gasteiger partial charge on any atom is -0.467 e. The van der Waals surface area contributed by atoms with Gasteiger partial charge in [-0.15, -0.1) is 0 Å². The molecule has 1 aromatic heterocycles. The lowest BCUT2D eigenvalue weighted by Gasteiger charge is -2.17. The molecule has 23 heavy (non-hydrogen) atoms. The van der Waals surface area contributed by atoms with Crippen LogP contribution in [0.2, 0.25) is 0 Å². The van der Waals surface area contributed by atoms with E-state index < -0.39 is 12.0 Å². The number of benzene rings is 1. The van der Waals surface area contributed by atoms with Crippen molar-refractivity contribution >= 4 is 11.9 Å². The molecule has 1 heterocycles. The number of nitrogens with zero attached hydrogens (tertiary/aromatic N) is 1. The second-order valence-electron chi connectivity index (χ2n) is 5.41. The average Bonchev–Trinajstić information content (AvgIpc) is 2.57. The fourth-order valence-corrected chi connectivity index (χ4v) is 2.25. The van der Waals surface area contributed by atoms with Gasteiger partial charge in [-0.3, -0.25) is 9.78 Å². The van der Waals surface area contributed by atoms with E-state index in [1.807, 2.05) is 32.0 Å². The Morgan fingerprint density at radius 1 is 1.13 bits per heavy atom. The summed E-state index contributed by atoms with van der Waals surface area (Å²) in [4.78, 5) is 28.1. The average molecular weight is 312 g/mol. The lowest BCUT2D eigenvalue weighted by atomic mass is 10.0. The molecule has 1 atom stereocenters. The number of esters is 1. The number of hydrogen-bond acceptors (Lipinski definition) is 4. The summed E-state index contributed by atoms with van der Waals surface area (Å²) in [5.74, 6) is -0.794. The summed E-state index contributed by atoms with van der Waals surface area (Å²) in [5.41, 5.74) is 3.75. The maximum absolute atomic E-state index is 12.2. The lowest BCUT2D eigenvalue weighted by Crippen LogP contribution is -2.43. The van der Waals surface area contributed by atoms with E-state index in [-0.39, 0.29) is 5.91 Å². The van der Waals surface area contributed by atoms with E-state index in [0.29, 0.717) is 12.0 Å². The molecule has 5 heteroatoms. The van der Waals surface area contributed by atoms with Crippen LogP contribution in [0.15, 0.2) is 42.7 Å². The molecular weight excluding hydrogens is 292 g/mol. The van der Waals surface area contributed by atoms with Gasteiger partial charge >= 0.3 is 5.97 Å². The van der Waals surface area contributed by atoms with Crippen molar-refractivity contribution in [2.75, 3.05) is 7.11 Å². The molecule has 2 aromatic rings. The Bertz CT molecular complexity index is 699. The summed E-state index contributed by atoms with van der Waals surface area (Å²) in [5, 5.41) is 2.73. The first-order valence-corrected chi connectivity index (χ1v) is 7.36. The van der Waals surface area contributed by atoms with Crippen molar-refractivity contribution in [1.29, 1.82) is 0 Å². The van der Waals surface area contributed by atoms with E-state index in [1.54, 1.807) is 12.1 Å². The Morgan fingerprint density at radius 2 is 1.83 bits per heavy atom. The van der Waals surface area contributed by atoms with Gasteiger partial charge < -0.3 is 10.1 Å². The summed E-state index contributed by atoms with van der Waals surface area (Å²) in [7, 11) is 1.31. The number of aryl methyl sites for hydroxylation is 2. The van der Waals surface area contributed by atoms with Gasteiger partial charge in [0.25, 0.3) is 5.91 Å². The molecule has 0 aliphatic heterocycles. The Hall–Kier alpha value is -2.69. The quantitative estimate of drug-likeness (QED) is 0.860. The molecule has 0 saturated carbocycles. The van der Waals surface area contributed by atoms with Gasteiger partial charge in [0.15, 0.2) is 0 Å². The molecule has 0 spiro atoms. The molecule has 120 valence electrons. The van der Waals surface area contributed by atoms with Crippen molar-refractivity contribution in [2.45, 2.75) is 26.3 Å². The molecule has 0 unspecified atom stereocenters. The van der Waals surface area contributed by atoms with Crippen LogP contribution in [0.5, 0.6) is 0 Å². The van der Waals surface area contributed by atoms with E-state index in [2.05, 4.69) is 10.3 Å². The summed E-state index contributed by atoms with van der Waals surface area (Å²) in [6.07, 6.45) is 3.45. The zero-order valence-electron chi connectivity index (χ0n) is 13.5. The SMILES string of the molecule is COC(=O)[C@H](Cc1ccc(C)c(C)c1)NC(=O)c1ccncc1. The van der Waals surface area contributed by atoms with Crippen LogP contribution in [0.1, 0.15) is 27.0 Å². The number of aromatic nitrogens is 1. The molecule has 1 aromatic carbocycles. The summed E-state index contributed by atoms with van der Waals surface area (Å²) in [6.45, 7) is 4.05. The standard InChI is InChI=1S/C18H20N2O3/c1-12-4-5-14(10-13(12)2)11-16(18(22)23-3)20-17(21)15-6-8-19-9-7-15/h4-10,16H,11H2,1-3H3,(H,20,21)/t16-/m0/s1. The van der Waals surface area contributed by atoms with Crippen molar-refractivity contribution < 1.29 is 14.3 Å². The van der Waals surface area contributed by atoms with Crippen LogP contribution in [-0.4, -0.2) is 30.0 Å². The Labute approximate surface area is 135 Å². The predicted octanol–water partition coefficient (Wildman–Crippen LogP) is 2.21. The van der Waals surface area contributed by atoms with Gasteiger partial charge in [-0.25, -0.2) is 4.79 Å². The molecule has 0 aliphatic carbocycles. The first-order valence-electron chi connectivity index (χ1n) is 7.36. The van der Waals surface area contributed by atoms with Gasteiger partial charge in [-0.2, -0.15) is 0 Å². The Kier molecular flexibility index (Phi) is 5.46. The van der Waals surface area contributed by atoms with Gasteiger partial charge in [-0.1, -0.05) is 18.2 Å². The third-order valence-corrected chi connectivity index (χ3v) is 3.74. The number of nitrogens with one attached hydrogen (secondary N) is 1. The largest absolute Gasteiger partial charge is 0.467 e. The van der Waals surface area contributed by atoms with E-state index in [0.717, 1.165) is 11.1 Å². The normalized spacial score (nSPS) is 11.6. The number of carbonyl (C=O) groups is 2. The van der Waals surface area contributed by atoms with Crippen LogP contribution < -0.4 is 5.32 Å². The minimum absolute atomic E-state index is 0.327. The first-order chi connectivity index (χ1) is 11.0. The highest BCUT2D eigenvalue weighted by molar-refractivity contribution is 5.96. The number of pyridine rings is 1. The maximum Gasteiger partial charge on any atom is 0.328 e. The van der Waals surface area contributed by atoms with Crippen molar-refractivity contribution in [3.8, 4) is 0 Å². The first kappa shape index (κ1) is 16.7. The molecule has 1 N–H and O–H groups in total. The third kappa shape index (κ3) is 4.39. The van der Waals surface area contributed by atoms with E-state index in [9.17, 15) is 9.59 Å². The molecule has 0 aliphatic rings. The van der Waals surface area contributed by atoms with Gasteiger partial charge in [-0.05, 0) is 42.7 Å². The summed E-state index contributed by atoms with van der Waals surface area (Å²) < 4.78 is 4.81. The third-order valence-electron chi connectivity index (χ3n) is 3.74. The monoisotopic (exact) mass is 312 g/mol. The second-order valence-corrected chi connectivity index (χ2v) is 5.41. The maximum atomic E-state index is 12.2. The van der Waals surface area contributed by atoms with Gasteiger partial charge in [0.1, 0.15) is 6.04 Å². The molecule has 2 rings (SSSR count). The zero-order chi connectivity index (χ0) is 16.8. The molecular formula is C18H20N2O3. The molecule has 0 saturated heterocycles. The van der Waals surface area contributed by atoms with Gasteiger partial charge in [0, 0.05) is 24.4 Å². The van der Waals surface area contributed by atoms with Crippen molar-refractivity contribution in [3.05, 3.63) is 65.0 Å². The van der Waals surface area contributed by atoms with Crippen LogP contribution in [0.25, 0.3) is 0 Å². The number of methoxy groups -OCH3 is 1. The summed E-state index contributed by atoms with van der Waals surface area (Å²) in [6, 6.07) is 8.44. The summed E-state index contributed by atoms with van der Waals surface area (Å²) >= 11 is 0. The van der Waals surface area contributed by atoms with Crippen LogP contribution >= 0.6 is 0 Å². The fraction of sp³-hybridized carbons (Fsp3) is 0.278. The Balaban J connectivity index is 2.15. The second kappa shape index (κ2) is 7.54. The van der Waals surface area contributed by atoms with Crippen LogP contribution in [0.3, 0.4) is 0 Å². The molecule has 0 fully saturated rings. The predicted molar refractivity (Wildman–Crippen MR) is 87.1 cm³/mol. The smallest absolute Gasteiger partial charge is 0.328 e. The van der Waals surface area contributed by atoms with Crippen molar-refractivity contribution in [3.63, 3.8) is 0 Å². The molecule has 5 nitrogen and oxygen atoms in total. The van der Waals surface area contributed by atoms with E-state index in [1.165, 1.54) is 25.1 Å². The van der Waals surface area contributed by atoms with Gasteiger partial charge in [0.05, 0.1) is 7.11 Å². The lowest BCUT2D eigenvalue weighted by molar-refractivity contribution is -0.142. The number of hydrogen-bond donors (Lipinski definition) is 1. The number of amides is 1. The zero-order valence-corrected chi connectivity index (χ0v) is 13.5. The van der Waals surface area contributed by atoms with E-state index in [4.69, 9.17) is 4.74 Å². The number of ether oxygens (including phenoxy) is 1. The van der Waals surface area contributed by atoms with Crippen LogP contribution in [-0.2, 0) is 16.0 Å². The number of carbonyl (C=O) groups excluding carboxylic acids is 2. The van der Waals surface area contributed by atoms with Crippen LogP contribution in [0.4, 0.5) is 0 Å². The van der Waals surface area contributed by atoms with E-state index >= 15 is 0 Å². The van der Waals surface area contributed by atoms with Gasteiger partial charge in [0.2, 0.25) is 0 Å². The molecule has 0 bridgehead atoms. The van der Waals surface area contributed by atoms with Crippen molar-refractivity contribution in [1.82, 2.24) is 10.3 Å². The van der Waals surface area contributed by atoms with Crippen molar-refractivity contribution in [2.24, 2.45) is 0 Å². The topological polar surface area (TPSA) is 68.3 Å². The highest BCUT2D eigenvalue weighted by Crippen LogP contribution is 2.12. The highest BCUT2D eigenvalue weighted by Gasteiger charge is 2.22. The fourth-order valence-electron chi connectivity index (χ4n) is 2.25.